The Hall–Kier alpha value is -2.24. The molecule has 0 aliphatic heterocycles. The normalized spacial score (nSPS) is 11.6. The summed E-state index contributed by atoms with van der Waals surface area (Å²) in [5.74, 6) is -1.59. The maximum absolute atomic E-state index is 12.0. The lowest BCUT2D eigenvalue weighted by Crippen LogP contribution is -2.35. The van der Waals surface area contributed by atoms with Crippen LogP contribution in [-0.4, -0.2) is 23.1 Å². The number of ether oxygens (including phenoxy) is 1. The zero-order valence-electron chi connectivity index (χ0n) is 12.8. The smallest absolute Gasteiger partial charge is 0.342 e. The third-order valence-corrected chi connectivity index (χ3v) is 3.85. The number of amides is 1. The minimum atomic E-state index is -1.04. The largest absolute Gasteiger partial charge is 0.507 e. The first-order valence-corrected chi connectivity index (χ1v) is 7.84. The summed E-state index contributed by atoms with van der Waals surface area (Å²) >= 11 is 11.8. The van der Waals surface area contributed by atoms with Gasteiger partial charge < -0.3 is 15.2 Å². The number of phenols is 1. The highest BCUT2D eigenvalue weighted by atomic mass is 35.5. The highest BCUT2D eigenvalue weighted by molar-refractivity contribution is 6.31. The third kappa shape index (κ3) is 4.63. The van der Waals surface area contributed by atoms with E-state index in [2.05, 4.69) is 5.32 Å². The van der Waals surface area contributed by atoms with Gasteiger partial charge in [-0.1, -0.05) is 41.4 Å². The van der Waals surface area contributed by atoms with E-state index in [4.69, 9.17) is 27.9 Å². The molecule has 0 heterocycles. The van der Waals surface area contributed by atoms with Crippen molar-refractivity contribution in [2.75, 3.05) is 0 Å². The van der Waals surface area contributed by atoms with Crippen LogP contribution in [0.25, 0.3) is 0 Å². The van der Waals surface area contributed by atoms with E-state index >= 15 is 0 Å². The van der Waals surface area contributed by atoms with Gasteiger partial charge in [0.05, 0.1) is 0 Å². The number of phenolic OH excluding ortho intramolecular Hbond substituents is 1. The molecule has 2 aromatic rings. The first-order chi connectivity index (χ1) is 11.4. The number of rotatable bonds is 5. The second-order valence-corrected chi connectivity index (χ2v) is 5.86. The van der Waals surface area contributed by atoms with Gasteiger partial charge in [0.2, 0.25) is 0 Å². The van der Waals surface area contributed by atoms with Gasteiger partial charge in [0.15, 0.2) is 6.10 Å². The van der Waals surface area contributed by atoms with E-state index in [0.717, 1.165) is 5.56 Å². The summed E-state index contributed by atoms with van der Waals surface area (Å²) in [6, 6.07) is 11.1. The van der Waals surface area contributed by atoms with E-state index < -0.39 is 18.0 Å². The summed E-state index contributed by atoms with van der Waals surface area (Å²) in [7, 11) is 0. The zero-order chi connectivity index (χ0) is 17.7. The van der Waals surface area contributed by atoms with Gasteiger partial charge in [-0.3, -0.25) is 4.79 Å². The Morgan fingerprint density at radius 3 is 2.62 bits per heavy atom. The Balaban J connectivity index is 1.95. The van der Waals surface area contributed by atoms with Crippen LogP contribution >= 0.6 is 23.2 Å². The molecule has 0 spiro atoms. The SMILES string of the molecule is CC(OC(=O)c1cc(Cl)ccc1O)C(=O)NCc1ccccc1Cl. The van der Waals surface area contributed by atoms with Crippen molar-refractivity contribution in [1.29, 1.82) is 0 Å². The summed E-state index contributed by atoms with van der Waals surface area (Å²) in [6.07, 6.45) is -1.04. The van der Waals surface area contributed by atoms with E-state index in [1.54, 1.807) is 24.3 Å². The summed E-state index contributed by atoms with van der Waals surface area (Å²) in [4.78, 5) is 24.0. The number of carbonyl (C=O) groups excluding carboxylic acids is 2. The van der Waals surface area contributed by atoms with Crippen molar-refractivity contribution >= 4 is 35.1 Å². The number of esters is 1. The van der Waals surface area contributed by atoms with Gasteiger partial charge in [0, 0.05) is 16.6 Å². The van der Waals surface area contributed by atoms with Crippen LogP contribution in [0.5, 0.6) is 5.75 Å². The fraction of sp³-hybridized carbons (Fsp3) is 0.176. The lowest BCUT2D eigenvalue weighted by atomic mass is 10.2. The maximum Gasteiger partial charge on any atom is 0.342 e. The lowest BCUT2D eigenvalue weighted by molar-refractivity contribution is -0.129. The molecule has 2 rings (SSSR count). The van der Waals surface area contributed by atoms with Crippen LogP contribution in [0, 0.1) is 0 Å². The molecule has 0 radical (unpaired) electrons. The molecule has 0 aliphatic carbocycles. The number of nitrogens with one attached hydrogen (secondary N) is 1. The fourth-order valence-electron chi connectivity index (χ4n) is 1.92. The lowest BCUT2D eigenvalue weighted by Gasteiger charge is -2.14. The molecule has 5 nitrogen and oxygen atoms in total. The molecule has 24 heavy (non-hydrogen) atoms. The molecule has 1 amide bonds. The average Bonchev–Trinajstić information content (AvgIpc) is 2.55. The molecule has 0 aromatic heterocycles. The van der Waals surface area contributed by atoms with Gasteiger partial charge in [-0.2, -0.15) is 0 Å². The van der Waals surface area contributed by atoms with Crippen LogP contribution in [0.3, 0.4) is 0 Å². The summed E-state index contributed by atoms with van der Waals surface area (Å²) in [6.45, 7) is 1.64. The Morgan fingerprint density at radius 1 is 1.21 bits per heavy atom. The number of carbonyl (C=O) groups is 2. The number of aromatic hydroxyl groups is 1. The Kier molecular flexibility index (Phi) is 6.06. The van der Waals surface area contributed by atoms with E-state index in [9.17, 15) is 14.7 Å². The fourth-order valence-corrected chi connectivity index (χ4v) is 2.29. The van der Waals surface area contributed by atoms with Crippen LogP contribution in [0.1, 0.15) is 22.8 Å². The van der Waals surface area contributed by atoms with Gasteiger partial charge in [-0.05, 0) is 36.8 Å². The van der Waals surface area contributed by atoms with Crippen LogP contribution < -0.4 is 5.32 Å². The molecule has 1 atom stereocenters. The molecule has 2 N–H and O–H groups in total. The topological polar surface area (TPSA) is 75.6 Å². The molecule has 0 saturated carbocycles. The highest BCUT2D eigenvalue weighted by Crippen LogP contribution is 2.22. The van der Waals surface area contributed by atoms with Gasteiger partial charge in [0.1, 0.15) is 11.3 Å². The zero-order valence-corrected chi connectivity index (χ0v) is 14.3. The second-order valence-electron chi connectivity index (χ2n) is 5.02. The van der Waals surface area contributed by atoms with Crippen LogP contribution in [0.2, 0.25) is 10.0 Å². The van der Waals surface area contributed by atoms with Gasteiger partial charge in [-0.25, -0.2) is 4.79 Å². The molecular weight excluding hydrogens is 353 g/mol. The summed E-state index contributed by atoms with van der Waals surface area (Å²) in [5.41, 5.74) is 0.645. The Morgan fingerprint density at radius 2 is 1.92 bits per heavy atom. The monoisotopic (exact) mass is 367 g/mol. The summed E-state index contributed by atoms with van der Waals surface area (Å²) < 4.78 is 5.05. The predicted molar refractivity (Wildman–Crippen MR) is 91.3 cm³/mol. The highest BCUT2D eigenvalue weighted by Gasteiger charge is 2.21. The molecule has 1 unspecified atom stereocenters. The first kappa shape index (κ1) is 18.1. The Bertz CT molecular complexity index is 764. The number of hydrogen-bond acceptors (Lipinski definition) is 4. The predicted octanol–water partition coefficient (Wildman–Crippen LogP) is 3.56. The van der Waals surface area contributed by atoms with Crippen molar-refractivity contribution < 1.29 is 19.4 Å². The van der Waals surface area contributed by atoms with Crippen molar-refractivity contribution in [1.82, 2.24) is 5.32 Å². The quantitative estimate of drug-likeness (QED) is 0.792. The van der Waals surface area contributed by atoms with Crippen molar-refractivity contribution in [3.63, 3.8) is 0 Å². The number of benzene rings is 2. The molecule has 0 aliphatic rings. The Labute approximate surface area is 149 Å². The third-order valence-electron chi connectivity index (χ3n) is 3.24. The molecule has 0 bridgehead atoms. The molecule has 7 heteroatoms. The minimum absolute atomic E-state index is 0.103. The number of halogens is 2. The van der Waals surface area contributed by atoms with Crippen LogP contribution in [0.15, 0.2) is 42.5 Å². The second kappa shape index (κ2) is 8.04. The first-order valence-electron chi connectivity index (χ1n) is 7.09. The van der Waals surface area contributed by atoms with Gasteiger partial charge in [-0.15, -0.1) is 0 Å². The summed E-state index contributed by atoms with van der Waals surface area (Å²) in [5, 5.41) is 13.1. The van der Waals surface area contributed by atoms with Gasteiger partial charge >= 0.3 is 5.97 Å². The van der Waals surface area contributed by atoms with E-state index in [0.29, 0.717) is 5.02 Å². The molecule has 0 saturated heterocycles. The van der Waals surface area contributed by atoms with Crippen molar-refractivity contribution in [2.24, 2.45) is 0 Å². The standard InChI is InChI=1S/C17H15Cl2NO4/c1-10(16(22)20-9-11-4-2-3-5-14(11)19)24-17(23)13-8-12(18)6-7-15(13)21/h2-8,10,21H,9H2,1H3,(H,20,22). The van der Waals surface area contributed by atoms with E-state index in [1.165, 1.54) is 25.1 Å². The van der Waals surface area contributed by atoms with Crippen molar-refractivity contribution in [3.8, 4) is 5.75 Å². The van der Waals surface area contributed by atoms with E-state index in [-0.39, 0.29) is 22.9 Å². The van der Waals surface area contributed by atoms with Crippen LogP contribution in [-0.2, 0) is 16.1 Å². The van der Waals surface area contributed by atoms with Crippen LogP contribution in [0.4, 0.5) is 0 Å². The minimum Gasteiger partial charge on any atom is -0.507 e. The molecular formula is C17H15Cl2NO4. The number of hydrogen-bond donors (Lipinski definition) is 2. The molecule has 0 fully saturated rings. The maximum atomic E-state index is 12.0. The average molecular weight is 368 g/mol. The van der Waals surface area contributed by atoms with Gasteiger partial charge in [0.25, 0.3) is 5.91 Å². The molecule has 2 aromatic carbocycles. The van der Waals surface area contributed by atoms with E-state index in [1.807, 2.05) is 0 Å². The van der Waals surface area contributed by atoms with Crippen molar-refractivity contribution in [3.05, 3.63) is 63.6 Å². The van der Waals surface area contributed by atoms with Crippen molar-refractivity contribution in [2.45, 2.75) is 19.6 Å². The molecule has 126 valence electrons.